The minimum atomic E-state index is -0.368. The second kappa shape index (κ2) is 5.72. The van der Waals surface area contributed by atoms with Crippen molar-refractivity contribution in [3.8, 4) is 6.07 Å². The number of hydrogen-bond donors (Lipinski definition) is 0. The summed E-state index contributed by atoms with van der Waals surface area (Å²) in [5.41, 5.74) is 0.847. The average Bonchev–Trinajstić information content (AvgIpc) is 2.45. The number of carbonyl (C=O) groups is 1. The van der Waals surface area contributed by atoms with Gasteiger partial charge in [-0.2, -0.15) is 5.26 Å². The van der Waals surface area contributed by atoms with Gasteiger partial charge in [0.1, 0.15) is 5.82 Å². The van der Waals surface area contributed by atoms with Crippen molar-refractivity contribution in [3.63, 3.8) is 0 Å². The first kappa shape index (κ1) is 13.9. The summed E-state index contributed by atoms with van der Waals surface area (Å²) in [4.78, 5) is 16.0. The van der Waals surface area contributed by atoms with Crippen molar-refractivity contribution in [1.29, 1.82) is 5.26 Å². The molecule has 21 heavy (non-hydrogen) atoms. The molecule has 0 atom stereocenters. The number of rotatable bonds is 2. The Morgan fingerprint density at radius 2 is 1.95 bits per heavy atom. The van der Waals surface area contributed by atoms with Gasteiger partial charge < -0.3 is 9.80 Å². The van der Waals surface area contributed by atoms with Gasteiger partial charge in [0.25, 0.3) is 0 Å². The van der Waals surface area contributed by atoms with Crippen molar-refractivity contribution in [1.82, 2.24) is 4.90 Å². The molecule has 110 valence electrons. The number of nitriles is 1. The third-order valence-electron chi connectivity index (χ3n) is 4.46. The number of amides is 1. The van der Waals surface area contributed by atoms with Gasteiger partial charge in [0.2, 0.25) is 5.91 Å². The van der Waals surface area contributed by atoms with Crippen LogP contribution in [-0.4, -0.2) is 37.0 Å². The number of halogens is 1. The summed E-state index contributed by atoms with van der Waals surface area (Å²) in [6, 6.07) is 6.48. The molecule has 3 rings (SSSR count). The smallest absolute Gasteiger partial charge is 0.225 e. The van der Waals surface area contributed by atoms with Gasteiger partial charge in [0, 0.05) is 32.1 Å². The molecule has 0 unspecified atom stereocenters. The van der Waals surface area contributed by atoms with Crippen LogP contribution in [0.5, 0.6) is 0 Å². The van der Waals surface area contributed by atoms with Crippen LogP contribution in [0.3, 0.4) is 0 Å². The topological polar surface area (TPSA) is 47.3 Å². The third kappa shape index (κ3) is 2.71. The maximum Gasteiger partial charge on any atom is 0.225 e. The highest BCUT2D eigenvalue weighted by Gasteiger charge is 2.31. The molecule has 0 bridgehead atoms. The number of carbonyl (C=O) groups excluding carboxylic acids is 1. The maximum absolute atomic E-state index is 14.0. The van der Waals surface area contributed by atoms with E-state index in [2.05, 4.69) is 0 Å². The van der Waals surface area contributed by atoms with Crippen molar-refractivity contribution >= 4 is 11.6 Å². The highest BCUT2D eigenvalue weighted by atomic mass is 19.1. The van der Waals surface area contributed by atoms with E-state index in [-0.39, 0.29) is 17.6 Å². The van der Waals surface area contributed by atoms with E-state index in [4.69, 9.17) is 5.26 Å². The second-order valence-electron chi connectivity index (χ2n) is 5.72. The molecular formula is C16H18FN3O. The van der Waals surface area contributed by atoms with E-state index in [1.54, 1.807) is 12.1 Å². The van der Waals surface area contributed by atoms with Crippen molar-refractivity contribution in [3.05, 3.63) is 29.6 Å². The van der Waals surface area contributed by atoms with Crippen molar-refractivity contribution in [2.75, 3.05) is 31.1 Å². The molecule has 1 aromatic rings. The van der Waals surface area contributed by atoms with Crippen LogP contribution >= 0.6 is 0 Å². The molecule has 1 heterocycles. The predicted molar refractivity (Wildman–Crippen MR) is 77.2 cm³/mol. The number of anilines is 1. The first-order chi connectivity index (χ1) is 10.2. The van der Waals surface area contributed by atoms with Crippen LogP contribution in [0, 0.1) is 23.1 Å². The van der Waals surface area contributed by atoms with Crippen LogP contribution < -0.4 is 4.90 Å². The SMILES string of the molecule is N#Cc1ccc(N2CCN(C(=O)C3CCC3)CC2)c(F)c1. The predicted octanol–water partition coefficient (Wildman–Crippen LogP) is 2.15. The fourth-order valence-electron chi connectivity index (χ4n) is 2.91. The fraction of sp³-hybridized carbons (Fsp3) is 0.500. The molecule has 0 spiro atoms. The van der Waals surface area contributed by atoms with E-state index in [0.717, 1.165) is 19.3 Å². The quantitative estimate of drug-likeness (QED) is 0.837. The van der Waals surface area contributed by atoms with Gasteiger partial charge in [-0.3, -0.25) is 4.79 Å². The summed E-state index contributed by atoms with van der Waals surface area (Å²) in [5.74, 6) is 0.122. The monoisotopic (exact) mass is 287 g/mol. The highest BCUT2D eigenvalue weighted by Crippen LogP contribution is 2.29. The van der Waals surface area contributed by atoms with Gasteiger partial charge in [-0.15, -0.1) is 0 Å². The Balaban J connectivity index is 1.63. The number of hydrogen-bond acceptors (Lipinski definition) is 3. The molecule has 2 fully saturated rings. The summed E-state index contributed by atoms with van der Waals surface area (Å²) in [6.07, 6.45) is 3.19. The normalized spacial score (nSPS) is 19.0. The summed E-state index contributed by atoms with van der Waals surface area (Å²) < 4.78 is 14.0. The van der Waals surface area contributed by atoms with Crippen molar-refractivity contribution in [2.24, 2.45) is 5.92 Å². The molecule has 1 saturated carbocycles. The maximum atomic E-state index is 14.0. The van der Waals surface area contributed by atoms with E-state index in [1.807, 2.05) is 15.9 Å². The molecule has 1 aliphatic heterocycles. The van der Waals surface area contributed by atoms with Gasteiger partial charge >= 0.3 is 0 Å². The Labute approximate surface area is 123 Å². The van der Waals surface area contributed by atoms with Crippen molar-refractivity contribution in [2.45, 2.75) is 19.3 Å². The summed E-state index contributed by atoms with van der Waals surface area (Å²) in [5, 5.41) is 8.77. The third-order valence-corrected chi connectivity index (χ3v) is 4.46. The Morgan fingerprint density at radius 3 is 2.48 bits per heavy atom. The summed E-state index contributed by atoms with van der Waals surface area (Å²) in [6.45, 7) is 2.58. The molecule has 0 N–H and O–H groups in total. The molecule has 1 amide bonds. The first-order valence-electron chi connectivity index (χ1n) is 7.42. The average molecular weight is 287 g/mol. The lowest BCUT2D eigenvalue weighted by Gasteiger charge is -2.39. The molecular weight excluding hydrogens is 269 g/mol. The summed E-state index contributed by atoms with van der Waals surface area (Å²) in [7, 11) is 0. The summed E-state index contributed by atoms with van der Waals surface area (Å²) >= 11 is 0. The fourth-order valence-corrected chi connectivity index (χ4v) is 2.91. The molecule has 5 heteroatoms. The number of piperazine rings is 1. The molecule has 1 aliphatic carbocycles. The van der Waals surface area contributed by atoms with E-state index >= 15 is 0 Å². The van der Waals surface area contributed by atoms with Crippen LogP contribution in [0.25, 0.3) is 0 Å². The van der Waals surface area contributed by atoms with Crippen LogP contribution in [0.2, 0.25) is 0 Å². The zero-order valence-electron chi connectivity index (χ0n) is 11.9. The van der Waals surface area contributed by atoms with Crippen molar-refractivity contribution < 1.29 is 9.18 Å². The molecule has 0 aromatic heterocycles. The lowest BCUT2D eigenvalue weighted by atomic mass is 9.84. The van der Waals surface area contributed by atoms with Gasteiger partial charge in [0.05, 0.1) is 17.3 Å². The Hall–Kier alpha value is -2.09. The highest BCUT2D eigenvalue weighted by molar-refractivity contribution is 5.79. The van der Waals surface area contributed by atoms with Gasteiger partial charge in [-0.25, -0.2) is 4.39 Å². The van der Waals surface area contributed by atoms with Crippen LogP contribution in [0.1, 0.15) is 24.8 Å². The van der Waals surface area contributed by atoms with Gasteiger partial charge in [-0.1, -0.05) is 6.42 Å². The molecule has 1 saturated heterocycles. The lowest BCUT2D eigenvalue weighted by molar-refractivity contribution is -0.138. The molecule has 0 radical (unpaired) electrons. The van der Waals surface area contributed by atoms with E-state index < -0.39 is 0 Å². The van der Waals surface area contributed by atoms with Gasteiger partial charge in [-0.05, 0) is 31.0 Å². The number of nitrogens with zero attached hydrogens (tertiary/aromatic N) is 3. The largest absolute Gasteiger partial charge is 0.366 e. The van der Waals surface area contributed by atoms with Crippen LogP contribution in [0.15, 0.2) is 18.2 Å². The van der Waals surface area contributed by atoms with E-state index in [1.165, 1.54) is 6.07 Å². The van der Waals surface area contributed by atoms with Gasteiger partial charge in [0.15, 0.2) is 0 Å². The Morgan fingerprint density at radius 1 is 1.24 bits per heavy atom. The zero-order valence-corrected chi connectivity index (χ0v) is 11.9. The Bertz CT molecular complexity index is 584. The van der Waals surface area contributed by atoms with Crippen LogP contribution in [0.4, 0.5) is 10.1 Å². The molecule has 1 aromatic carbocycles. The molecule has 4 nitrogen and oxygen atoms in total. The van der Waals surface area contributed by atoms with E-state index in [0.29, 0.717) is 37.4 Å². The van der Waals surface area contributed by atoms with Crippen LogP contribution in [-0.2, 0) is 4.79 Å². The first-order valence-corrected chi connectivity index (χ1v) is 7.42. The molecule has 2 aliphatic rings. The lowest BCUT2D eigenvalue weighted by Crippen LogP contribution is -2.51. The minimum Gasteiger partial charge on any atom is -0.366 e. The standard InChI is InChI=1S/C16H18FN3O/c17-14-10-12(11-18)4-5-15(14)19-6-8-20(9-7-19)16(21)13-2-1-3-13/h4-5,10,13H,1-3,6-9H2. The minimum absolute atomic E-state index is 0.225. The second-order valence-corrected chi connectivity index (χ2v) is 5.72. The number of benzene rings is 1. The van der Waals surface area contributed by atoms with E-state index in [9.17, 15) is 9.18 Å². The Kier molecular flexibility index (Phi) is 3.78. The zero-order chi connectivity index (χ0) is 14.8.